The smallest absolute Gasteiger partial charge is 0.441 e. The third kappa shape index (κ3) is 4.14. The molecule has 0 bridgehead atoms. The van der Waals surface area contributed by atoms with Gasteiger partial charge in [0.1, 0.15) is 0 Å². The van der Waals surface area contributed by atoms with Crippen molar-refractivity contribution >= 4 is 17.6 Å². The number of carbonyl (C=O) groups is 2. The lowest BCUT2D eigenvalue weighted by atomic mass is 10.1. The number of hydrogen-bond donors (Lipinski definition) is 2. The molecule has 1 rings (SSSR count). The van der Waals surface area contributed by atoms with Gasteiger partial charge in [-0.1, -0.05) is 17.7 Å². The first-order valence-corrected chi connectivity index (χ1v) is 6.91. The van der Waals surface area contributed by atoms with E-state index in [0.29, 0.717) is 5.56 Å². The molecular weight excluding hydrogens is 313 g/mol. The Bertz CT molecular complexity index is 602. The van der Waals surface area contributed by atoms with Crippen LogP contribution >= 0.6 is 0 Å². The largest absolute Gasteiger partial charge is 0.463 e. The highest BCUT2D eigenvalue weighted by Crippen LogP contribution is 2.34. The predicted octanol–water partition coefficient (Wildman–Crippen LogP) is 2.67. The third-order valence-corrected chi connectivity index (χ3v) is 3.07. The Labute approximate surface area is 132 Å². The van der Waals surface area contributed by atoms with Gasteiger partial charge in [-0.2, -0.15) is 13.2 Å². The van der Waals surface area contributed by atoms with E-state index in [4.69, 9.17) is 0 Å². The molecule has 2 N–H and O–H groups in total. The minimum atomic E-state index is -5.11. The van der Waals surface area contributed by atoms with Gasteiger partial charge in [-0.25, -0.2) is 4.79 Å². The van der Waals surface area contributed by atoms with Gasteiger partial charge in [0, 0.05) is 12.6 Å². The SMILES string of the molecule is CCOC(=O)C(NC(C)=O)(Nc1ccc(C)cc1C)C(F)(F)F. The molecule has 0 radical (unpaired) electrons. The molecule has 0 aliphatic heterocycles. The molecule has 1 aromatic rings. The van der Waals surface area contributed by atoms with Gasteiger partial charge in [-0.15, -0.1) is 0 Å². The summed E-state index contributed by atoms with van der Waals surface area (Å²) in [6.45, 7) is 5.39. The summed E-state index contributed by atoms with van der Waals surface area (Å²) in [5, 5.41) is 3.77. The van der Waals surface area contributed by atoms with Gasteiger partial charge < -0.3 is 15.4 Å². The molecule has 1 aromatic carbocycles. The van der Waals surface area contributed by atoms with Crippen LogP contribution in [0.3, 0.4) is 0 Å². The number of amides is 1. The highest BCUT2D eigenvalue weighted by Gasteiger charge is 2.63. The van der Waals surface area contributed by atoms with E-state index in [1.54, 1.807) is 31.3 Å². The van der Waals surface area contributed by atoms with E-state index in [-0.39, 0.29) is 12.3 Å². The molecule has 0 fully saturated rings. The van der Waals surface area contributed by atoms with E-state index in [2.05, 4.69) is 10.1 Å². The molecule has 0 saturated carbocycles. The molecular formula is C15H19F3N2O3. The molecule has 8 heteroatoms. The Hall–Kier alpha value is -2.25. The quantitative estimate of drug-likeness (QED) is 0.643. The van der Waals surface area contributed by atoms with Gasteiger partial charge in [0.25, 0.3) is 0 Å². The van der Waals surface area contributed by atoms with Gasteiger partial charge >= 0.3 is 17.8 Å². The Morgan fingerprint density at radius 1 is 1.22 bits per heavy atom. The van der Waals surface area contributed by atoms with Crippen molar-refractivity contribution in [2.24, 2.45) is 0 Å². The standard InChI is InChI=1S/C15H19F3N2O3/c1-5-23-13(22)14(15(16,17)18,19-11(4)21)20-12-7-6-9(2)8-10(12)3/h6-8,20H,5H2,1-4H3,(H,19,21). The monoisotopic (exact) mass is 332 g/mol. The van der Waals surface area contributed by atoms with Crippen LogP contribution in [0.1, 0.15) is 25.0 Å². The second-order valence-electron chi connectivity index (χ2n) is 5.09. The third-order valence-electron chi connectivity index (χ3n) is 3.07. The molecule has 0 aromatic heterocycles. The number of nitrogens with one attached hydrogen (secondary N) is 2. The number of halogens is 3. The van der Waals surface area contributed by atoms with Gasteiger partial charge in [0.15, 0.2) is 0 Å². The van der Waals surface area contributed by atoms with Crippen LogP contribution in [0.2, 0.25) is 0 Å². The molecule has 0 aliphatic carbocycles. The predicted molar refractivity (Wildman–Crippen MR) is 78.8 cm³/mol. The second-order valence-corrected chi connectivity index (χ2v) is 5.09. The molecule has 1 amide bonds. The highest BCUT2D eigenvalue weighted by molar-refractivity contribution is 5.91. The zero-order chi connectivity index (χ0) is 17.8. The van der Waals surface area contributed by atoms with E-state index in [1.165, 1.54) is 13.0 Å². The van der Waals surface area contributed by atoms with Crippen LogP contribution in [0.4, 0.5) is 18.9 Å². The lowest BCUT2D eigenvalue weighted by Gasteiger charge is -2.35. The van der Waals surface area contributed by atoms with E-state index in [0.717, 1.165) is 12.5 Å². The van der Waals surface area contributed by atoms with Crippen molar-refractivity contribution in [3.63, 3.8) is 0 Å². The number of aryl methyl sites for hydroxylation is 2. The first-order valence-electron chi connectivity index (χ1n) is 6.91. The summed E-state index contributed by atoms with van der Waals surface area (Å²) in [5.41, 5.74) is -1.95. The van der Waals surface area contributed by atoms with Crippen LogP contribution < -0.4 is 10.6 Å². The number of carbonyl (C=O) groups excluding carboxylic acids is 2. The number of anilines is 1. The fraction of sp³-hybridized carbons (Fsp3) is 0.467. The molecule has 1 atom stereocenters. The van der Waals surface area contributed by atoms with E-state index < -0.39 is 23.7 Å². The average molecular weight is 332 g/mol. The van der Waals surface area contributed by atoms with Crippen LogP contribution in [0.5, 0.6) is 0 Å². The molecule has 23 heavy (non-hydrogen) atoms. The zero-order valence-corrected chi connectivity index (χ0v) is 13.3. The average Bonchev–Trinajstić information content (AvgIpc) is 2.39. The minimum absolute atomic E-state index is 0.0646. The van der Waals surface area contributed by atoms with Gasteiger partial charge in [0.05, 0.1) is 6.61 Å². The maximum absolute atomic E-state index is 13.6. The fourth-order valence-corrected chi connectivity index (χ4v) is 2.05. The molecule has 0 aliphatic rings. The maximum Gasteiger partial charge on any atom is 0.441 e. The Kier molecular flexibility index (Phi) is 5.63. The number of rotatable bonds is 5. The first kappa shape index (κ1) is 18.8. The van der Waals surface area contributed by atoms with Gasteiger partial charge in [-0.3, -0.25) is 4.79 Å². The van der Waals surface area contributed by atoms with Crippen molar-refractivity contribution < 1.29 is 27.5 Å². The van der Waals surface area contributed by atoms with E-state index in [1.807, 2.05) is 0 Å². The molecule has 128 valence electrons. The van der Waals surface area contributed by atoms with Crippen LogP contribution in [0.15, 0.2) is 18.2 Å². The number of ether oxygens (including phenoxy) is 1. The number of esters is 1. The summed E-state index contributed by atoms with van der Waals surface area (Å²) in [6, 6.07) is 4.66. The first-order chi connectivity index (χ1) is 10.5. The summed E-state index contributed by atoms with van der Waals surface area (Å²) in [5.74, 6) is -2.64. The van der Waals surface area contributed by atoms with Crippen LogP contribution in [0, 0.1) is 13.8 Å². The Morgan fingerprint density at radius 2 is 1.83 bits per heavy atom. The summed E-state index contributed by atoms with van der Waals surface area (Å²) >= 11 is 0. The van der Waals surface area contributed by atoms with Crippen LogP contribution in [-0.4, -0.2) is 30.3 Å². The van der Waals surface area contributed by atoms with Crippen molar-refractivity contribution in [2.75, 3.05) is 11.9 Å². The molecule has 0 saturated heterocycles. The molecule has 0 spiro atoms. The highest BCUT2D eigenvalue weighted by atomic mass is 19.4. The molecule has 0 heterocycles. The Balaban J connectivity index is 3.41. The van der Waals surface area contributed by atoms with Crippen molar-refractivity contribution in [2.45, 2.75) is 39.5 Å². The van der Waals surface area contributed by atoms with Crippen molar-refractivity contribution in [3.8, 4) is 0 Å². The second kappa shape index (κ2) is 6.89. The number of alkyl halides is 3. The van der Waals surface area contributed by atoms with Crippen molar-refractivity contribution in [3.05, 3.63) is 29.3 Å². The van der Waals surface area contributed by atoms with Crippen LogP contribution in [-0.2, 0) is 14.3 Å². The zero-order valence-electron chi connectivity index (χ0n) is 13.3. The van der Waals surface area contributed by atoms with Crippen molar-refractivity contribution in [1.82, 2.24) is 5.32 Å². The van der Waals surface area contributed by atoms with E-state index in [9.17, 15) is 22.8 Å². The summed E-state index contributed by atoms with van der Waals surface area (Å²) in [6.07, 6.45) is -5.11. The topological polar surface area (TPSA) is 67.4 Å². The normalized spacial score (nSPS) is 13.9. The Morgan fingerprint density at radius 3 is 2.26 bits per heavy atom. The maximum atomic E-state index is 13.6. The number of benzene rings is 1. The fourth-order valence-electron chi connectivity index (χ4n) is 2.05. The van der Waals surface area contributed by atoms with E-state index >= 15 is 0 Å². The molecule has 1 unspecified atom stereocenters. The van der Waals surface area contributed by atoms with Gasteiger partial charge in [-0.05, 0) is 32.4 Å². The minimum Gasteiger partial charge on any atom is -0.463 e. The van der Waals surface area contributed by atoms with Crippen LogP contribution in [0.25, 0.3) is 0 Å². The molecule has 5 nitrogen and oxygen atoms in total. The summed E-state index contributed by atoms with van der Waals surface area (Å²) < 4.78 is 45.4. The lowest BCUT2D eigenvalue weighted by Crippen LogP contribution is -2.69. The summed E-state index contributed by atoms with van der Waals surface area (Å²) in [4.78, 5) is 23.3. The summed E-state index contributed by atoms with van der Waals surface area (Å²) in [7, 11) is 0. The van der Waals surface area contributed by atoms with Crippen molar-refractivity contribution in [1.29, 1.82) is 0 Å². The number of hydrogen-bond acceptors (Lipinski definition) is 4. The lowest BCUT2D eigenvalue weighted by molar-refractivity contribution is -0.207. The van der Waals surface area contributed by atoms with Gasteiger partial charge in [0.2, 0.25) is 5.91 Å².